The average Bonchev–Trinajstić information content (AvgIpc) is 3.22. The summed E-state index contributed by atoms with van der Waals surface area (Å²) in [6.07, 6.45) is -2.87. The fourth-order valence-electron chi connectivity index (χ4n) is 3.62. The molecular formula is C22H22F3N3O3S. The zero-order chi connectivity index (χ0) is 22.7. The van der Waals surface area contributed by atoms with Gasteiger partial charge in [0.1, 0.15) is 0 Å². The van der Waals surface area contributed by atoms with Gasteiger partial charge >= 0.3 is 12.2 Å². The van der Waals surface area contributed by atoms with Crippen LogP contribution in [-0.4, -0.2) is 48.9 Å². The van der Waals surface area contributed by atoms with E-state index in [4.69, 9.17) is 14.5 Å². The van der Waals surface area contributed by atoms with Crippen LogP contribution in [0.5, 0.6) is 11.5 Å². The Balaban J connectivity index is 1.36. The quantitative estimate of drug-likeness (QED) is 0.528. The molecule has 0 aliphatic carbocycles. The van der Waals surface area contributed by atoms with Crippen molar-refractivity contribution in [2.24, 2.45) is 0 Å². The van der Waals surface area contributed by atoms with Crippen LogP contribution in [0.4, 0.5) is 23.7 Å². The molecule has 1 aromatic heterocycles. The predicted octanol–water partition coefficient (Wildman–Crippen LogP) is 5.66. The molecular weight excluding hydrogens is 443 g/mol. The number of carbonyl (C=O) groups is 1. The molecule has 1 aliphatic rings. The van der Waals surface area contributed by atoms with Crippen LogP contribution in [0.2, 0.25) is 0 Å². The van der Waals surface area contributed by atoms with Gasteiger partial charge in [0.05, 0.1) is 22.3 Å². The first-order valence-corrected chi connectivity index (χ1v) is 10.9. The molecule has 1 fully saturated rings. The zero-order valence-corrected chi connectivity index (χ0v) is 18.1. The molecule has 0 spiro atoms. The third-order valence-corrected chi connectivity index (χ3v) is 6.45. The molecule has 2 amide bonds. The van der Waals surface area contributed by atoms with Crippen LogP contribution in [0.25, 0.3) is 10.2 Å². The highest BCUT2D eigenvalue weighted by atomic mass is 32.1. The smallest absolute Gasteiger partial charge is 0.422 e. The van der Waals surface area contributed by atoms with Crippen molar-refractivity contribution in [1.29, 1.82) is 0 Å². The van der Waals surface area contributed by atoms with Gasteiger partial charge in [0.2, 0.25) is 0 Å². The number of aromatic nitrogens is 1. The summed E-state index contributed by atoms with van der Waals surface area (Å²) in [5, 5.41) is 3.82. The van der Waals surface area contributed by atoms with Gasteiger partial charge in [0.15, 0.2) is 18.1 Å². The van der Waals surface area contributed by atoms with Crippen LogP contribution in [0.3, 0.4) is 0 Å². The van der Waals surface area contributed by atoms with Crippen molar-refractivity contribution < 1.29 is 27.4 Å². The molecule has 2 aromatic carbocycles. The number of fused-ring (bicyclic) bond motifs is 1. The van der Waals surface area contributed by atoms with Gasteiger partial charge in [-0.25, -0.2) is 9.78 Å². The van der Waals surface area contributed by atoms with Gasteiger partial charge in [-0.15, -0.1) is 11.3 Å². The highest BCUT2D eigenvalue weighted by Crippen LogP contribution is 2.35. The van der Waals surface area contributed by atoms with Gasteiger partial charge in [-0.1, -0.05) is 12.1 Å². The number of carbonyl (C=O) groups excluding carboxylic acids is 1. The Morgan fingerprint density at radius 2 is 1.94 bits per heavy atom. The average molecular weight is 465 g/mol. The minimum absolute atomic E-state index is 0.0860. The Bertz CT molecular complexity index is 1060. The first-order chi connectivity index (χ1) is 15.3. The SMILES string of the molecule is COc1ccc(NC(=O)N2CCC(c3nc4ccccc4s3)CC2)cc1OCC(F)(F)F. The van der Waals surface area contributed by atoms with E-state index in [0.717, 1.165) is 28.1 Å². The van der Waals surface area contributed by atoms with Crippen molar-refractivity contribution in [3.8, 4) is 11.5 Å². The lowest BCUT2D eigenvalue weighted by molar-refractivity contribution is -0.153. The molecule has 1 N–H and O–H groups in total. The van der Waals surface area contributed by atoms with Gasteiger partial charge < -0.3 is 19.7 Å². The number of ether oxygens (including phenoxy) is 2. The summed E-state index contributed by atoms with van der Waals surface area (Å²) in [4.78, 5) is 19.1. The number of hydrogen-bond donors (Lipinski definition) is 1. The topological polar surface area (TPSA) is 63.7 Å². The number of rotatable bonds is 5. The Hall–Kier alpha value is -3.01. The number of anilines is 1. The van der Waals surface area contributed by atoms with Gasteiger partial charge in [-0.2, -0.15) is 13.2 Å². The molecule has 0 saturated carbocycles. The molecule has 3 aromatic rings. The molecule has 0 atom stereocenters. The van der Waals surface area contributed by atoms with E-state index in [0.29, 0.717) is 24.7 Å². The van der Waals surface area contributed by atoms with E-state index in [1.54, 1.807) is 22.3 Å². The summed E-state index contributed by atoms with van der Waals surface area (Å²) in [6, 6.07) is 12.1. The highest BCUT2D eigenvalue weighted by Gasteiger charge is 2.29. The number of nitrogens with one attached hydrogen (secondary N) is 1. The minimum Gasteiger partial charge on any atom is -0.493 e. The standard InChI is InChI=1S/C22H22F3N3O3S/c1-30-17-7-6-15(12-18(17)31-13-22(23,24)25)26-21(29)28-10-8-14(9-11-28)20-27-16-4-2-3-5-19(16)32-20/h2-7,12,14H,8-11,13H2,1H3,(H,26,29). The molecule has 0 unspecified atom stereocenters. The fraction of sp³-hybridized carbons (Fsp3) is 0.364. The number of amides is 2. The maximum Gasteiger partial charge on any atom is 0.422 e. The number of urea groups is 1. The highest BCUT2D eigenvalue weighted by molar-refractivity contribution is 7.18. The van der Waals surface area contributed by atoms with Crippen LogP contribution in [0, 0.1) is 0 Å². The van der Waals surface area contributed by atoms with Crippen molar-refractivity contribution in [2.75, 3.05) is 32.1 Å². The maximum atomic E-state index is 12.7. The molecule has 0 bridgehead atoms. The molecule has 10 heteroatoms. The Labute approximate surface area is 187 Å². The lowest BCUT2D eigenvalue weighted by Crippen LogP contribution is -2.40. The molecule has 32 heavy (non-hydrogen) atoms. The molecule has 1 saturated heterocycles. The van der Waals surface area contributed by atoms with Crippen LogP contribution >= 0.6 is 11.3 Å². The van der Waals surface area contributed by atoms with E-state index in [9.17, 15) is 18.0 Å². The van der Waals surface area contributed by atoms with Crippen LogP contribution in [0.1, 0.15) is 23.8 Å². The van der Waals surface area contributed by atoms with Crippen molar-refractivity contribution in [1.82, 2.24) is 9.88 Å². The first kappa shape index (κ1) is 22.2. The summed E-state index contributed by atoms with van der Waals surface area (Å²) >= 11 is 1.69. The molecule has 0 radical (unpaired) electrons. The van der Waals surface area contributed by atoms with Crippen LogP contribution in [-0.2, 0) is 0 Å². The maximum absolute atomic E-state index is 12.7. The van der Waals surface area contributed by atoms with Crippen molar-refractivity contribution in [3.05, 3.63) is 47.5 Å². The van der Waals surface area contributed by atoms with Crippen molar-refractivity contribution in [3.63, 3.8) is 0 Å². The van der Waals surface area contributed by atoms with E-state index in [1.165, 1.54) is 19.2 Å². The Kier molecular flexibility index (Phi) is 6.40. The number of benzene rings is 2. The van der Waals surface area contributed by atoms with Gasteiger partial charge in [-0.3, -0.25) is 0 Å². The Morgan fingerprint density at radius 1 is 1.19 bits per heavy atom. The number of para-hydroxylation sites is 1. The second-order valence-corrected chi connectivity index (χ2v) is 8.54. The lowest BCUT2D eigenvalue weighted by Gasteiger charge is -2.31. The second-order valence-electron chi connectivity index (χ2n) is 7.48. The normalized spacial score (nSPS) is 15.1. The molecule has 1 aliphatic heterocycles. The first-order valence-electron chi connectivity index (χ1n) is 10.1. The van der Waals surface area contributed by atoms with Crippen LogP contribution in [0.15, 0.2) is 42.5 Å². The number of likely N-dealkylation sites (tertiary alicyclic amines) is 1. The minimum atomic E-state index is -4.47. The number of piperidine rings is 1. The largest absolute Gasteiger partial charge is 0.493 e. The zero-order valence-electron chi connectivity index (χ0n) is 17.3. The molecule has 4 rings (SSSR count). The summed E-state index contributed by atoms with van der Waals surface area (Å²) in [7, 11) is 1.34. The van der Waals surface area contributed by atoms with Crippen LogP contribution < -0.4 is 14.8 Å². The third kappa shape index (κ3) is 5.24. The number of hydrogen-bond acceptors (Lipinski definition) is 5. The monoisotopic (exact) mass is 465 g/mol. The summed E-state index contributed by atoms with van der Waals surface area (Å²) in [5.74, 6) is 0.376. The Morgan fingerprint density at radius 3 is 2.62 bits per heavy atom. The number of alkyl halides is 3. The number of nitrogens with zero attached hydrogens (tertiary/aromatic N) is 2. The molecule has 2 heterocycles. The number of thiazole rings is 1. The summed E-state index contributed by atoms with van der Waals surface area (Å²) in [6.45, 7) is -0.305. The summed E-state index contributed by atoms with van der Waals surface area (Å²) < 4.78 is 48.5. The molecule has 6 nitrogen and oxygen atoms in total. The predicted molar refractivity (Wildman–Crippen MR) is 117 cm³/mol. The van der Waals surface area contributed by atoms with E-state index in [2.05, 4.69) is 11.4 Å². The van der Waals surface area contributed by atoms with E-state index in [-0.39, 0.29) is 17.5 Å². The van der Waals surface area contributed by atoms with E-state index < -0.39 is 12.8 Å². The van der Waals surface area contributed by atoms with E-state index >= 15 is 0 Å². The van der Waals surface area contributed by atoms with Gasteiger partial charge in [-0.05, 0) is 37.1 Å². The van der Waals surface area contributed by atoms with E-state index in [1.807, 2.05) is 18.2 Å². The van der Waals surface area contributed by atoms with Gasteiger partial charge in [0.25, 0.3) is 0 Å². The number of methoxy groups -OCH3 is 1. The van der Waals surface area contributed by atoms with Crippen molar-refractivity contribution in [2.45, 2.75) is 24.9 Å². The van der Waals surface area contributed by atoms with Crippen molar-refractivity contribution >= 4 is 33.3 Å². The third-order valence-electron chi connectivity index (χ3n) is 5.25. The lowest BCUT2D eigenvalue weighted by atomic mass is 9.98. The molecule has 170 valence electrons. The number of halogens is 3. The fourth-order valence-corrected chi connectivity index (χ4v) is 4.76. The summed E-state index contributed by atoms with van der Waals surface area (Å²) in [5.41, 5.74) is 1.33. The second kappa shape index (κ2) is 9.23. The van der Waals surface area contributed by atoms with Gasteiger partial charge in [0, 0.05) is 30.8 Å².